The third-order valence-corrected chi connectivity index (χ3v) is 6.00. The minimum Gasteiger partial charge on any atom is -0.507 e. The van der Waals surface area contributed by atoms with E-state index in [0.717, 1.165) is 27.6 Å². The lowest BCUT2D eigenvalue weighted by atomic mass is 10.0. The van der Waals surface area contributed by atoms with Crippen molar-refractivity contribution in [3.8, 4) is 5.75 Å². The van der Waals surface area contributed by atoms with Gasteiger partial charge in [0.1, 0.15) is 5.75 Å². The van der Waals surface area contributed by atoms with Crippen LogP contribution in [0.25, 0.3) is 10.8 Å². The van der Waals surface area contributed by atoms with E-state index in [4.69, 9.17) is 0 Å². The Morgan fingerprint density at radius 1 is 0.935 bits per heavy atom. The molecule has 0 radical (unpaired) electrons. The largest absolute Gasteiger partial charge is 0.507 e. The topological polar surface area (TPSA) is 72.9 Å². The van der Waals surface area contributed by atoms with Crippen LogP contribution >= 0.6 is 0 Å². The van der Waals surface area contributed by atoms with Gasteiger partial charge in [-0.2, -0.15) is 0 Å². The number of carbonyl (C=O) groups is 2. The molecule has 4 rings (SSSR count). The Hall–Kier alpha value is -3.38. The number of hydrogen-bond donors (Lipinski definition) is 2. The maximum Gasteiger partial charge on any atom is 0.257 e. The summed E-state index contributed by atoms with van der Waals surface area (Å²) in [6.45, 7) is 6.56. The second kappa shape index (κ2) is 8.78. The van der Waals surface area contributed by atoms with Crippen molar-refractivity contribution in [1.82, 2.24) is 9.80 Å². The van der Waals surface area contributed by atoms with Crippen molar-refractivity contribution in [2.75, 3.05) is 38.0 Å². The number of anilines is 1. The van der Waals surface area contributed by atoms with E-state index in [1.54, 1.807) is 17.0 Å². The minimum absolute atomic E-state index is 0.000897. The van der Waals surface area contributed by atoms with E-state index in [1.807, 2.05) is 61.2 Å². The lowest BCUT2D eigenvalue weighted by molar-refractivity contribution is -0.117. The molecule has 0 unspecified atom stereocenters. The summed E-state index contributed by atoms with van der Waals surface area (Å²) in [5, 5.41) is 15.2. The zero-order valence-corrected chi connectivity index (χ0v) is 17.9. The molecule has 1 fully saturated rings. The summed E-state index contributed by atoms with van der Waals surface area (Å²) in [5.74, 6) is -0.234. The summed E-state index contributed by atoms with van der Waals surface area (Å²) in [7, 11) is 0. The van der Waals surface area contributed by atoms with Gasteiger partial charge < -0.3 is 15.3 Å². The molecule has 2 N–H and O–H groups in total. The highest BCUT2D eigenvalue weighted by Gasteiger charge is 2.25. The molecule has 1 saturated heterocycles. The SMILES string of the molecule is Cc1cccc(NC(=O)CN2CCN(C(=O)c3cc4ccccc4cc3O)CC2)c1C. The van der Waals surface area contributed by atoms with Crippen molar-refractivity contribution >= 4 is 28.3 Å². The van der Waals surface area contributed by atoms with E-state index in [0.29, 0.717) is 31.7 Å². The molecule has 160 valence electrons. The molecule has 0 saturated carbocycles. The van der Waals surface area contributed by atoms with Gasteiger partial charge in [-0.1, -0.05) is 36.4 Å². The number of hydrogen-bond acceptors (Lipinski definition) is 4. The quantitative estimate of drug-likeness (QED) is 0.681. The zero-order valence-electron chi connectivity index (χ0n) is 17.9. The molecule has 2 amide bonds. The van der Waals surface area contributed by atoms with Crippen LogP contribution in [-0.4, -0.2) is 59.4 Å². The van der Waals surface area contributed by atoms with Gasteiger partial charge in [-0.05, 0) is 53.9 Å². The minimum atomic E-state index is -0.178. The molecule has 0 atom stereocenters. The summed E-state index contributed by atoms with van der Waals surface area (Å²) >= 11 is 0. The molecule has 6 nitrogen and oxygen atoms in total. The van der Waals surface area contributed by atoms with Crippen LogP contribution < -0.4 is 5.32 Å². The molecule has 0 bridgehead atoms. The van der Waals surface area contributed by atoms with E-state index < -0.39 is 0 Å². The Labute approximate surface area is 182 Å². The molecule has 1 heterocycles. The lowest BCUT2D eigenvalue weighted by Crippen LogP contribution is -2.50. The molecule has 6 heteroatoms. The Kier molecular flexibility index (Phi) is 5.91. The fraction of sp³-hybridized carbons (Fsp3) is 0.280. The maximum absolute atomic E-state index is 13.0. The first-order valence-corrected chi connectivity index (χ1v) is 10.5. The zero-order chi connectivity index (χ0) is 22.0. The molecule has 0 spiro atoms. The van der Waals surface area contributed by atoms with Gasteiger partial charge in [0.2, 0.25) is 5.91 Å². The monoisotopic (exact) mass is 417 g/mol. The summed E-state index contributed by atoms with van der Waals surface area (Å²) in [6, 6.07) is 16.9. The van der Waals surface area contributed by atoms with Crippen molar-refractivity contribution in [1.29, 1.82) is 0 Å². The van der Waals surface area contributed by atoms with Crippen LogP contribution in [0.3, 0.4) is 0 Å². The first-order chi connectivity index (χ1) is 14.9. The van der Waals surface area contributed by atoms with Crippen LogP contribution in [0.1, 0.15) is 21.5 Å². The van der Waals surface area contributed by atoms with Gasteiger partial charge in [0.15, 0.2) is 0 Å². The van der Waals surface area contributed by atoms with Crippen molar-refractivity contribution in [2.24, 2.45) is 0 Å². The fourth-order valence-corrected chi connectivity index (χ4v) is 3.96. The Bertz CT molecular complexity index is 1130. The standard InChI is InChI=1S/C25H27N3O3/c1-17-6-5-9-22(18(17)2)26-24(30)16-27-10-12-28(13-11-27)25(31)21-14-19-7-3-4-8-20(19)15-23(21)29/h3-9,14-15,29H,10-13,16H2,1-2H3,(H,26,30). The van der Waals surface area contributed by atoms with Crippen LogP contribution in [0.15, 0.2) is 54.6 Å². The number of nitrogens with one attached hydrogen (secondary N) is 1. The summed E-state index contributed by atoms with van der Waals surface area (Å²) in [4.78, 5) is 29.2. The second-order valence-electron chi connectivity index (χ2n) is 8.08. The van der Waals surface area contributed by atoms with Gasteiger partial charge in [-0.3, -0.25) is 14.5 Å². The van der Waals surface area contributed by atoms with Crippen molar-refractivity contribution < 1.29 is 14.7 Å². The number of phenols is 1. The third kappa shape index (κ3) is 4.54. The number of piperazine rings is 1. The van der Waals surface area contributed by atoms with E-state index in [2.05, 4.69) is 5.32 Å². The predicted octanol–water partition coefficient (Wildman–Crippen LogP) is 3.56. The number of aromatic hydroxyl groups is 1. The lowest BCUT2D eigenvalue weighted by Gasteiger charge is -2.34. The van der Waals surface area contributed by atoms with Crippen LogP contribution in [0.5, 0.6) is 5.75 Å². The van der Waals surface area contributed by atoms with Crippen molar-refractivity contribution in [2.45, 2.75) is 13.8 Å². The molecule has 3 aromatic rings. The number of carbonyl (C=O) groups excluding carboxylic acids is 2. The molecular formula is C25H27N3O3. The van der Waals surface area contributed by atoms with Crippen LogP contribution in [-0.2, 0) is 4.79 Å². The molecule has 0 aromatic heterocycles. The fourth-order valence-electron chi connectivity index (χ4n) is 3.96. The van der Waals surface area contributed by atoms with E-state index in [-0.39, 0.29) is 24.1 Å². The molecular weight excluding hydrogens is 390 g/mol. The van der Waals surface area contributed by atoms with E-state index in [9.17, 15) is 14.7 Å². The Morgan fingerprint density at radius 2 is 1.61 bits per heavy atom. The Morgan fingerprint density at radius 3 is 2.32 bits per heavy atom. The van der Waals surface area contributed by atoms with Crippen molar-refractivity contribution in [3.05, 3.63) is 71.3 Å². The van der Waals surface area contributed by atoms with Crippen LogP contribution in [0.2, 0.25) is 0 Å². The first kappa shape index (κ1) is 20.9. The van der Waals surface area contributed by atoms with Gasteiger partial charge in [-0.15, -0.1) is 0 Å². The number of phenolic OH excluding ortho intramolecular Hbond substituents is 1. The summed E-state index contributed by atoms with van der Waals surface area (Å²) < 4.78 is 0. The van der Waals surface area contributed by atoms with Crippen LogP contribution in [0, 0.1) is 13.8 Å². The van der Waals surface area contributed by atoms with Crippen molar-refractivity contribution in [3.63, 3.8) is 0 Å². The number of benzene rings is 3. The van der Waals surface area contributed by atoms with Gasteiger partial charge in [0, 0.05) is 31.9 Å². The average Bonchev–Trinajstić information content (AvgIpc) is 2.76. The second-order valence-corrected chi connectivity index (χ2v) is 8.08. The number of aryl methyl sites for hydroxylation is 1. The van der Waals surface area contributed by atoms with Crippen LogP contribution in [0.4, 0.5) is 5.69 Å². The maximum atomic E-state index is 13.0. The third-order valence-electron chi connectivity index (χ3n) is 6.00. The van der Waals surface area contributed by atoms with Gasteiger partial charge in [0.05, 0.1) is 12.1 Å². The summed E-state index contributed by atoms with van der Waals surface area (Å²) in [6.07, 6.45) is 0. The smallest absolute Gasteiger partial charge is 0.257 e. The number of amides is 2. The molecule has 3 aromatic carbocycles. The Balaban J connectivity index is 1.35. The van der Waals surface area contributed by atoms with Gasteiger partial charge >= 0.3 is 0 Å². The highest BCUT2D eigenvalue weighted by molar-refractivity contribution is 6.01. The molecule has 31 heavy (non-hydrogen) atoms. The highest BCUT2D eigenvalue weighted by atomic mass is 16.3. The summed E-state index contributed by atoms with van der Waals surface area (Å²) in [5.41, 5.74) is 3.37. The number of rotatable bonds is 4. The van der Waals surface area contributed by atoms with Gasteiger partial charge in [0.25, 0.3) is 5.91 Å². The van der Waals surface area contributed by atoms with E-state index in [1.165, 1.54) is 0 Å². The molecule has 1 aliphatic heterocycles. The first-order valence-electron chi connectivity index (χ1n) is 10.5. The molecule has 0 aliphatic carbocycles. The van der Waals surface area contributed by atoms with Gasteiger partial charge in [-0.25, -0.2) is 0 Å². The highest BCUT2D eigenvalue weighted by Crippen LogP contribution is 2.26. The number of nitrogens with zero attached hydrogens (tertiary/aromatic N) is 2. The number of fused-ring (bicyclic) bond motifs is 1. The average molecular weight is 418 g/mol. The molecule has 1 aliphatic rings. The normalized spacial score (nSPS) is 14.6. The predicted molar refractivity (Wildman–Crippen MR) is 123 cm³/mol. The van der Waals surface area contributed by atoms with E-state index >= 15 is 0 Å².